The third-order valence-electron chi connectivity index (χ3n) is 3.23. The van der Waals surface area contributed by atoms with Crippen molar-refractivity contribution in [3.8, 4) is 11.8 Å². The maximum atomic E-state index is 12.2. The van der Waals surface area contributed by atoms with E-state index in [2.05, 4.69) is 16.5 Å². The number of rotatable bonds is 9. The monoisotopic (exact) mass is 377 g/mol. The summed E-state index contributed by atoms with van der Waals surface area (Å²) in [6, 6.07) is 6.85. The zero-order valence-electron chi connectivity index (χ0n) is 14.8. The van der Waals surface area contributed by atoms with Crippen LogP contribution in [0.1, 0.15) is 35.5 Å². The number of carbonyl (C=O) groups excluding carboxylic acids is 1. The second-order valence-corrected chi connectivity index (χ2v) is 6.45. The largest absolute Gasteiger partial charge is 0.483 e. The molecule has 0 saturated heterocycles. The molecular formula is C17H20N3O5P. The number of benzene rings is 1. The number of ether oxygens (including phenoxy) is 1. The van der Waals surface area contributed by atoms with Gasteiger partial charge >= 0.3 is 0 Å². The topological polar surface area (TPSA) is 107 Å². The van der Waals surface area contributed by atoms with Gasteiger partial charge in [0.15, 0.2) is 6.35 Å². The summed E-state index contributed by atoms with van der Waals surface area (Å²) in [6.07, 6.45) is 1.54. The molecule has 0 radical (unpaired) electrons. The molecule has 1 amide bonds. The molecule has 1 N–H and O–H groups in total. The molecule has 0 bridgehead atoms. The highest BCUT2D eigenvalue weighted by molar-refractivity contribution is 7.47. The molecular weight excluding hydrogens is 357 g/mol. The van der Waals surface area contributed by atoms with Gasteiger partial charge in [0, 0.05) is 11.8 Å². The predicted octanol–water partition coefficient (Wildman–Crippen LogP) is 3.83. The van der Waals surface area contributed by atoms with E-state index in [4.69, 9.17) is 18.3 Å². The van der Waals surface area contributed by atoms with Crippen LogP contribution >= 0.6 is 8.38 Å². The Morgan fingerprint density at radius 2 is 2.08 bits per heavy atom. The first kappa shape index (κ1) is 19.9. The number of aryl methyl sites for hydroxylation is 1. The van der Waals surface area contributed by atoms with E-state index < -0.39 is 8.38 Å². The minimum atomic E-state index is -1.20. The lowest BCUT2D eigenvalue weighted by Crippen LogP contribution is -2.12. The maximum absolute atomic E-state index is 12.2. The van der Waals surface area contributed by atoms with Gasteiger partial charge in [-0.3, -0.25) is 4.79 Å². The number of hydrogen-bond acceptors (Lipinski definition) is 7. The summed E-state index contributed by atoms with van der Waals surface area (Å²) in [5.74, 6) is 0.413. The van der Waals surface area contributed by atoms with Crippen molar-refractivity contribution in [1.29, 1.82) is 5.26 Å². The molecule has 9 heteroatoms. The second-order valence-electron chi connectivity index (χ2n) is 5.01. The van der Waals surface area contributed by atoms with Crippen LogP contribution in [-0.4, -0.2) is 30.6 Å². The molecule has 26 heavy (non-hydrogen) atoms. The zero-order chi connectivity index (χ0) is 18.9. The number of anilines is 1. The van der Waals surface area contributed by atoms with E-state index in [0.29, 0.717) is 41.5 Å². The third-order valence-corrected chi connectivity index (χ3v) is 4.66. The van der Waals surface area contributed by atoms with Crippen molar-refractivity contribution in [1.82, 2.24) is 5.16 Å². The van der Waals surface area contributed by atoms with Gasteiger partial charge < -0.3 is 23.6 Å². The standard InChI is InChI=1S/C17H20N3O5P/c1-4-23-26(24-5-2)11-22-16-8-14(7-6-13(16)9-18)20-17(21)15-10-19-25-12(15)3/h6-8,10H,4-5,11H2,1-3H3,(H,20,21). The van der Waals surface area contributed by atoms with Crippen molar-refractivity contribution in [2.24, 2.45) is 0 Å². The molecule has 0 aliphatic heterocycles. The molecule has 1 aromatic heterocycles. The molecule has 0 fully saturated rings. The molecule has 1 heterocycles. The Bertz CT molecular complexity index is 781. The summed E-state index contributed by atoms with van der Waals surface area (Å²) in [5, 5.41) is 15.6. The van der Waals surface area contributed by atoms with Crippen LogP contribution in [0.3, 0.4) is 0 Å². The van der Waals surface area contributed by atoms with E-state index in [1.165, 1.54) is 6.20 Å². The maximum Gasteiger partial charge on any atom is 0.260 e. The van der Waals surface area contributed by atoms with Crippen LogP contribution in [0, 0.1) is 18.3 Å². The number of carbonyl (C=O) groups is 1. The molecule has 2 rings (SSSR count). The molecule has 2 aromatic rings. The van der Waals surface area contributed by atoms with Gasteiger partial charge in [0.25, 0.3) is 5.91 Å². The Labute approximate surface area is 152 Å². The van der Waals surface area contributed by atoms with Gasteiger partial charge in [-0.05, 0) is 32.9 Å². The molecule has 0 aliphatic rings. The third kappa shape index (κ3) is 5.27. The average molecular weight is 377 g/mol. The molecule has 0 saturated carbocycles. The summed E-state index contributed by atoms with van der Waals surface area (Å²) >= 11 is 0. The van der Waals surface area contributed by atoms with Crippen molar-refractivity contribution in [3.63, 3.8) is 0 Å². The van der Waals surface area contributed by atoms with Crippen LogP contribution in [0.4, 0.5) is 5.69 Å². The number of hydrogen-bond donors (Lipinski definition) is 1. The van der Waals surface area contributed by atoms with Crippen LogP contribution in [0.25, 0.3) is 0 Å². The van der Waals surface area contributed by atoms with Crippen molar-refractivity contribution in [2.45, 2.75) is 20.8 Å². The Hall–Kier alpha value is -2.46. The van der Waals surface area contributed by atoms with Crippen molar-refractivity contribution in [3.05, 3.63) is 41.3 Å². The van der Waals surface area contributed by atoms with Crippen molar-refractivity contribution < 1.29 is 23.1 Å². The normalized spacial score (nSPS) is 10.6. The average Bonchev–Trinajstić information content (AvgIpc) is 3.06. The van der Waals surface area contributed by atoms with Crippen LogP contribution < -0.4 is 10.1 Å². The minimum absolute atomic E-state index is 0.188. The van der Waals surface area contributed by atoms with E-state index in [-0.39, 0.29) is 12.3 Å². The highest BCUT2D eigenvalue weighted by Gasteiger charge is 2.16. The van der Waals surface area contributed by atoms with Gasteiger partial charge in [-0.25, -0.2) is 0 Å². The van der Waals surface area contributed by atoms with Gasteiger partial charge in [0.2, 0.25) is 8.38 Å². The highest BCUT2D eigenvalue weighted by Crippen LogP contribution is 2.38. The van der Waals surface area contributed by atoms with E-state index in [1.54, 1.807) is 25.1 Å². The van der Waals surface area contributed by atoms with E-state index >= 15 is 0 Å². The second kappa shape index (κ2) is 9.88. The number of nitriles is 1. The molecule has 0 atom stereocenters. The lowest BCUT2D eigenvalue weighted by atomic mass is 10.2. The van der Waals surface area contributed by atoms with Gasteiger partial charge in [-0.2, -0.15) is 5.26 Å². The van der Waals surface area contributed by atoms with E-state index in [9.17, 15) is 10.1 Å². The molecule has 1 aromatic carbocycles. The first-order valence-electron chi connectivity index (χ1n) is 8.02. The Balaban J connectivity index is 2.11. The number of nitrogens with zero attached hydrogens (tertiary/aromatic N) is 2. The SMILES string of the molecule is CCOP(COc1cc(NC(=O)c2cnoc2C)ccc1C#N)OCC. The Morgan fingerprint density at radius 1 is 1.35 bits per heavy atom. The number of nitrogens with one attached hydrogen (secondary N) is 1. The van der Waals surface area contributed by atoms with E-state index in [0.717, 1.165) is 0 Å². The molecule has 0 unspecified atom stereocenters. The molecule has 138 valence electrons. The molecule has 0 spiro atoms. The number of amides is 1. The van der Waals surface area contributed by atoms with Crippen LogP contribution in [0.2, 0.25) is 0 Å². The lowest BCUT2D eigenvalue weighted by Gasteiger charge is -2.17. The molecule has 0 aliphatic carbocycles. The fourth-order valence-electron chi connectivity index (χ4n) is 2.05. The summed E-state index contributed by atoms with van der Waals surface area (Å²) < 4.78 is 21.6. The fraction of sp³-hybridized carbons (Fsp3) is 0.353. The minimum Gasteiger partial charge on any atom is -0.483 e. The molecule has 8 nitrogen and oxygen atoms in total. The summed E-state index contributed by atoms with van der Waals surface area (Å²) in [7, 11) is -1.20. The first-order valence-corrected chi connectivity index (χ1v) is 9.38. The van der Waals surface area contributed by atoms with Crippen LogP contribution in [0.15, 0.2) is 28.9 Å². The summed E-state index contributed by atoms with van der Waals surface area (Å²) in [6.45, 7) is 6.41. The van der Waals surface area contributed by atoms with Crippen molar-refractivity contribution in [2.75, 3.05) is 24.9 Å². The quantitative estimate of drug-likeness (QED) is 0.662. The predicted molar refractivity (Wildman–Crippen MR) is 96.0 cm³/mol. The van der Waals surface area contributed by atoms with Crippen molar-refractivity contribution >= 4 is 20.0 Å². The van der Waals surface area contributed by atoms with E-state index in [1.807, 2.05) is 13.8 Å². The van der Waals surface area contributed by atoms with Gasteiger partial charge in [0.05, 0.1) is 25.0 Å². The Morgan fingerprint density at radius 3 is 2.65 bits per heavy atom. The summed E-state index contributed by atoms with van der Waals surface area (Å²) in [5.41, 5.74) is 1.18. The lowest BCUT2D eigenvalue weighted by molar-refractivity contribution is 0.102. The Kier molecular flexibility index (Phi) is 7.54. The fourth-order valence-corrected chi connectivity index (χ4v) is 3.09. The van der Waals surface area contributed by atoms with Gasteiger partial charge in [0.1, 0.15) is 23.1 Å². The highest BCUT2D eigenvalue weighted by atomic mass is 31.2. The number of aromatic nitrogens is 1. The smallest absolute Gasteiger partial charge is 0.260 e. The summed E-state index contributed by atoms with van der Waals surface area (Å²) in [4.78, 5) is 12.2. The van der Waals surface area contributed by atoms with Gasteiger partial charge in [-0.1, -0.05) is 5.16 Å². The van der Waals surface area contributed by atoms with Gasteiger partial charge in [-0.15, -0.1) is 0 Å². The van der Waals surface area contributed by atoms with Crippen LogP contribution in [0.5, 0.6) is 5.75 Å². The van der Waals surface area contributed by atoms with Crippen LogP contribution in [-0.2, 0) is 9.05 Å². The first-order chi connectivity index (χ1) is 12.6. The zero-order valence-corrected chi connectivity index (χ0v) is 15.7.